The number of hydrogen-bond acceptors (Lipinski definition) is 4. The fourth-order valence-electron chi connectivity index (χ4n) is 3.81. The van der Waals surface area contributed by atoms with Crippen LogP contribution in [-0.2, 0) is 9.53 Å². The summed E-state index contributed by atoms with van der Waals surface area (Å²) < 4.78 is 5.54. The van der Waals surface area contributed by atoms with E-state index in [4.69, 9.17) is 4.74 Å². The zero-order valence-corrected chi connectivity index (χ0v) is 20.5. The summed E-state index contributed by atoms with van der Waals surface area (Å²) in [5.74, 6) is -0.498. The number of esters is 1. The molecule has 0 bridgehead atoms. The van der Waals surface area contributed by atoms with Crippen molar-refractivity contribution in [1.29, 1.82) is 0 Å². The molecule has 0 radical (unpaired) electrons. The molecule has 1 unspecified atom stereocenters. The molecule has 0 spiro atoms. The second-order valence-corrected chi connectivity index (χ2v) is 8.97. The first kappa shape index (κ1) is 25.0. The van der Waals surface area contributed by atoms with Crippen molar-refractivity contribution in [3.8, 4) is 0 Å². The molecule has 2 aromatic carbocycles. The van der Waals surface area contributed by atoms with E-state index in [9.17, 15) is 14.4 Å². The monoisotopic (exact) mass is 463 g/mol. The molecule has 0 saturated heterocycles. The molecule has 3 amide bonds. The van der Waals surface area contributed by atoms with Gasteiger partial charge in [0.2, 0.25) is 0 Å². The minimum absolute atomic E-state index is 0.188. The Bertz CT molecular complexity index is 1090. The Labute approximate surface area is 201 Å². The number of aryl methyl sites for hydroxylation is 1. The third-order valence-electron chi connectivity index (χ3n) is 5.60. The minimum atomic E-state index is -0.684. The van der Waals surface area contributed by atoms with Crippen molar-refractivity contribution in [1.82, 2.24) is 10.2 Å². The van der Waals surface area contributed by atoms with E-state index >= 15 is 0 Å². The van der Waals surface area contributed by atoms with Crippen LogP contribution in [0.3, 0.4) is 0 Å². The number of urea groups is 1. The lowest BCUT2D eigenvalue weighted by molar-refractivity contribution is -0.140. The summed E-state index contributed by atoms with van der Waals surface area (Å²) in [7, 11) is 0. The largest absolute Gasteiger partial charge is 0.462 e. The molecule has 0 aliphatic carbocycles. The average molecular weight is 464 g/mol. The van der Waals surface area contributed by atoms with E-state index in [1.165, 1.54) is 0 Å². The Morgan fingerprint density at radius 3 is 2.47 bits per heavy atom. The van der Waals surface area contributed by atoms with Crippen LogP contribution in [0.25, 0.3) is 0 Å². The maximum atomic E-state index is 13.1. The van der Waals surface area contributed by atoms with E-state index in [1.807, 2.05) is 45.9 Å². The number of benzene rings is 2. The van der Waals surface area contributed by atoms with Gasteiger partial charge in [-0.05, 0) is 56.0 Å². The number of hydrogen-bond donors (Lipinski definition) is 2. The summed E-state index contributed by atoms with van der Waals surface area (Å²) in [4.78, 5) is 40.2. The van der Waals surface area contributed by atoms with E-state index < -0.39 is 12.0 Å². The number of ether oxygens (including phenoxy) is 1. The van der Waals surface area contributed by atoms with Crippen molar-refractivity contribution in [2.75, 3.05) is 18.5 Å². The first-order valence-corrected chi connectivity index (χ1v) is 11.6. The van der Waals surface area contributed by atoms with E-state index in [-0.39, 0.29) is 24.5 Å². The van der Waals surface area contributed by atoms with Crippen LogP contribution in [0.15, 0.2) is 59.8 Å². The van der Waals surface area contributed by atoms with Crippen LogP contribution in [0, 0.1) is 12.8 Å². The fraction of sp³-hybridized carbons (Fsp3) is 0.370. The number of carbonyl (C=O) groups excluding carboxylic acids is 3. The molecule has 1 atom stereocenters. The van der Waals surface area contributed by atoms with Gasteiger partial charge in [0.25, 0.3) is 5.91 Å². The van der Waals surface area contributed by atoms with Crippen molar-refractivity contribution < 1.29 is 19.1 Å². The number of amides is 3. The van der Waals surface area contributed by atoms with Gasteiger partial charge < -0.3 is 15.4 Å². The third-order valence-corrected chi connectivity index (χ3v) is 5.60. The molecule has 1 aliphatic heterocycles. The number of nitrogens with one attached hydrogen (secondary N) is 2. The van der Waals surface area contributed by atoms with Gasteiger partial charge in [-0.2, -0.15) is 0 Å². The molecule has 7 nitrogen and oxygen atoms in total. The standard InChI is InChI=1S/C27H33N3O4/c1-6-14-30-19(5)23(26(32)34-16-17(2)3)24(29-27(30)33)21-8-7-9-22(15-21)28-25(31)20-12-10-18(4)11-13-20/h7-13,15,17,24H,6,14,16H2,1-5H3,(H,28,31)(H,29,33). The van der Waals surface area contributed by atoms with Crippen LogP contribution < -0.4 is 10.6 Å². The predicted molar refractivity (Wildman–Crippen MR) is 132 cm³/mol. The summed E-state index contributed by atoms with van der Waals surface area (Å²) >= 11 is 0. The second kappa shape index (κ2) is 11.0. The molecule has 0 aromatic heterocycles. The SMILES string of the molecule is CCCN1C(=O)NC(c2cccc(NC(=O)c3ccc(C)cc3)c2)C(C(=O)OCC(C)C)=C1C. The summed E-state index contributed by atoms with van der Waals surface area (Å²) in [5, 5.41) is 5.85. The fourth-order valence-corrected chi connectivity index (χ4v) is 3.81. The van der Waals surface area contributed by atoms with Gasteiger partial charge in [-0.15, -0.1) is 0 Å². The second-order valence-electron chi connectivity index (χ2n) is 8.97. The van der Waals surface area contributed by atoms with Gasteiger partial charge in [0.15, 0.2) is 0 Å². The summed E-state index contributed by atoms with van der Waals surface area (Å²) in [5.41, 5.74) is 3.85. The zero-order chi connectivity index (χ0) is 24.8. The van der Waals surface area contributed by atoms with E-state index in [2.05, 4.69) is 10.6 Å². The normalized spacial score (nSPS) is 15.9. The van der Waals surface area contributed by atoms with Gasteiger partial charge in [-0.25, -0.2) is 9.59 Å². The molecule has 7 heteroatoms. The van der Waals surface area contributed by atoms with Crippen LogP contribution in [-0.4, -0.2) is 36.0 Å². The molecule has 180 valence electrons. The molecule has 34 heavy (non-hydrogen) atoms. The van der Waals surface area contributed by atoms with Crippen molar-refractivity contribution in [2.45, 2.75) is 47.1 Å². The van der Waals surface area contributed by atoms with Crippen LogP contribution in [0.4, 0.5) is 10.5 Å². The van der Waals surface area contributed by atoms with Crippen molar-refractivity contribution in [2.24, 2.45) is 5.92 Å². The van der Waals surface area contributed by atoms with E-state index in [1.54, 1.807) is 42.2 Å². The smallest absolute Gasteiger partial charge is 0.338 e. The number of allylic oxidation sites excluding steroid dienone is 1. The van der Waals surface area contributed by atoms with E-state index in [0.717, 1.165) is 12.0 Å². The van der Waals surface area contributed by atoms with Gasteiger partial charge in [0, 0.05) is 23.5 Å². The lowest BCUT2D eigenvalue weighted by atomic mass is 9.94. The highest BCUT2D eigenvalue weighted by atomic mass is 16.5. The topological polar surface area (TPSA) is 87.7 Å². The van der Waals surface area contributed by atoms with Crippen LogP contribution in [0.2, 0.25) is 0 Å². The molecular weight excluding hydrogens is 430 g/mol. The molecule has 0 fully saturated rings. The molecule has 3 rings (SSSR count). The van der Waals surface area contributed by atoms with Crippen molar-refractivity contribution in [3.63, 3.8) is 0 Å². The van der Waals surface area contributed by atoms with Crippen LogP contribution >= 0.6 is 0 Å². The highest BCUT2D eigenvalue weighted by Crippen LogP contribution is 2.32. The van der Waals surface area contributed by atoms with Gasteiger partial charge in [-0.3, -0.25) is 9.69 Å². The third kappa shape index (κ3) is 5.84. The lowest BCUT2D eigenvalue weighted by Crippen LogP contribution is -2.48. The van der Waals surface area contributed by atoms with Gasteiger partial charge in [0.05, 0.1) is 18.2 Å². The Morgan fingerprint density at radius 2 is 1.82 bits per heavy atom. The average Bonchev–Trinajstić information content (AvgIpc) is 2.80. The lowest BCUT2D eigenvalue weighted by Gasteiger charge is -2.35. The Hall–Kier alpha value is -3.61. The molecule has 2 N–H and O–H groups in total. The maximum absolute atomic E-state index is 13.1. The first-order valence-electron chi connectivity index (χ1n) is 11.6. The van der Waals surface area contributed by atoms with Crippen LogP contribution in [0.1, 0.15) is 61.6 Å². The highest BCUT2D eigenvalue weighted by molar-refractivity contribution is 6.04. The predicted octanol–water partition coefficient (Wildman–Crippen LogP) is 5.20. The van der Waals surface area contributed by atoms with Crippen molar-refractivity contribution >= 4 is 23.6 Å². The number of nitrogens with zero attached hydrogens (tertiary/aromatic N) is 1. The Kier molecular flexibility index (Phi) is 8.10. The molecular formula is C27H33N3O4. The van der Waals surface area contributed by atoms with Crippen molar-refractivity contribution in [3.05, 3.63) is 76.5 Å². The Balaban J connectivity index is 1.92. The number of anilines is 1. The molecule has 2 aromatic rings. The van der Waals surface area contributed by atoms with Gasteiger partial charge in [-0.1, -0.05) is 50.6 Å². The maximum Gasteiger partial charge on any atom is 0.338 e. The molecule has 1 heterocycles. The summed E-state index contributed by atoms with van der Waals surface area (Å²) in [6.45, 7) is 10.4. The first-order chi connectivity index (χ1) is 16.2. The van der Waals surface area contributed by atoms with Gasteiger partial charge >= 0.3 is 12.0 Å². The Morgan fingerprint density at radius 1 is 1.12 bits per heavy atom. The quantitative estimate of drug-likeness (QED) is 0.527. The van der Waals surface area contributed by atoms with Gasteiger partial charge in [0.1, 0.15) is 0 Å². The molecule has 1 aliphatic rings. The number of carbonyl (C=O) groups is 3. The minimum Gasteiger partial charge on any atom is -0.462 e. The van der Waals surface area contributed by atoms with Crippen LogP contribution in [0.5, 0.6) is 0 Å². The highest BCUT2D eigenvalue weighted by Gasteiger charge is 2.36. The summed E-state index contributed by atoms with van der Waals surface area (Å²) in [6, 6.07) is 13.5. The van der Waals surface area contributed by atoms with E-state index in [0.29, 0.717) is 34.6 Å². The summed E-state index contributed by atoms with van der Waals surface area (Å²) in [6.07, 6.45) is 0.754. The number of rotatable bonds is 8. The molecule has 0 saturated carbocycles. The zero-order valence-electron chi connectivity index (χ0n) is 20.5.